The molecule has 0 saturated heterocycles. The highest BCUT2D eigenvalue weighted by Crippen LogP contribution is 2.30. The molecule has 1 aromatic rings. The molecule has 3 heteroatoms. The van der Waals surface area contributed by atoms with E-state index in [2.05, 4.69) is 35.3 Å². The number of hydrogen-bond acceptors (Lipinski definition) is 3. The molecule has 0 atom stereocenters. The fraction of sp³-hybridized carbons (Fsp3) is 0.571. The minimum Gasteiger partial charge on any atom is -0.422 e. The molecule has 0 aromatic carbocycles. The molecule has 0 amide bonds. The molecule has 0 unspecified atom stereocenters. The van der Waals surface area contributed by atoms with Crippen molar-refractivity contribution >= 4 is 6.08 Å². The Hall–Kier alpha value is -1.38. The maximum absolute atomic E-state index is 5.31. The Morgan fingerprint density at radius 3 is 2.24 bits per heavy atom. The van der Waals surface area contributed by atoms with Crippen LogP contribution in [0.5, 0.6) is 0 Å². The minimum absolute atomic E-state index is 0.623. The number of rotatable bonds is 3. The molecular formula is C14H20N2O. The van der Waals surface area contributed by atoms with Gasteiger partial charge in [-0.15, -0.1) is 10.2 Å². The van der Waals surface area contributed by atoms with Crippen LogP contribution in [0.3, 0.4) is 0 Å². The normalized spacial score (nSPS) is 26.0. The molecule has 0 radical (unpaired) electrons. The summed E-state index contributed by atoms with van der Waals surface area (Å²) < 4.78 is 5.31. The summed E-state index contributed by atoms with van der Waals surface area (Å²) in [6.07, 6.45) is 13.8. The molecule has 1 aliphatic carbocycles. The standard InChI is InChI=1S/C14H20N2O/c1-3-4-12-5-7-13(8-6-12)9-10-14-16-15-11(2)17-14/h3-4,9-10,12-13H,5-8H2,1-2H3. The summed E-state index contributed by atoms with van der Waals surface area (Å²) in [7, 11) is 0. The number of nitrogens with zero attached hydrogens (tertiary/aromatic N) is 2. The highest BCUT2D eigenvalue weighted by atomic mass is 16.4. The molecule has 17 heavy (non-hydrogen) atoms. The molecule has 0 N–H and O–H groups in total. The molecule has 3 nitrogen and oxygen atoms in total. The van der Waals surface area contributed by atoms with Gasteiger partial charge in [0.2, 0.25) is 11.8 Å². The third-order valence-corrected chi connectivity index (χ3v) is 3.33. The monoisotopic (exact) mass is 232 g/mol. The molecule has 1 heterocycles. The van der Waals surface area contributed by atoms with E-state index in [0.29, 0.717) is 17.7 Å². The van der Waals surface area contributed by atoms with Crippen molar-refractivity contribution in [2.24, 2.45) is 11.8 Å². The van der Waals surface area contributed by atoms with E-state index in [-0.39, 0.29) is 0 Å². The van der Waals surface area contributed by atoms with E-state index in [9.17, 15) is 0 Å². The highest BCUT2D eigenvalue weighted by molar-refractivity contribution is 5.37. The highest BCUT2D eigenvalue weighted by Gasteiger charge is 2.17. The molecule has 1 aliphatic rings. The van der Waals surface area contributed by atoms with E-state index >= 15 is 0 Å². The number of aromatic nitrogens is 2. The van der Waals surface area contributed by atoms with Crippen LogP contribution in [-0.2, 0) is 0 Å². The molecule has 0 spiro atoms. The van der Waals surface area contributed by atoms with Crippen molar-refractivity contribution in [2.45, 2.75) is 39.5 Å². The Kier molecular flexibility index (Phi) is 4.13. The first-order chi connectivity index (χ1) is 8.28. The molecule has 1 saturated carbocycles. The van der Waals surface area contributed by atoms with Crippen LogP contribution in [-0.4, -0.2) is 10.2 Å². The number of aryl methyl sites for hydroxylation is 1. The van der Waals surface area contributed by atoms with E-state index in [0.717, 1.165) is 5.92 Å². The van der Waals surface area contributed by atoms with Crippen LogP contribution in [0.15, 0.2) is 22.6 Å². The van der Waals surface area contributed by atoms with Gasteiger partial charge in [-0.2, -0.15) is 0 Å². The molecular weight excluding hydrogens is 212 g/mol. The van der Waals surface area contributed by atoms with Crippen molar-refractivity contribution in [1.29, 1.82) is 0 Å². The Bertz CT molecular complexity index is 398. The lowest BCUT2D eigenvalue weighted by Crippen LogP contribution is -2.10. The first-order valence-electron chi connectivity index (χ1n) is 6.39. The Morgan fingerprint density at radius 1 is 1.06 bits per heavy atom. The zero-order chi connectivity index (χ0) is 12.1. The van der Waals surface area contributed by atoms with Crippen molar-refractivity contribution < 1.29 is 4.42 Å². The van der Waals surface area contributed by atoms with Crippen molar-refractivity contribution in [3.63, 3.8) is 0 Å². The quantitative estimate of drug-likeness (QED) is 0.744. The predicted molar refractivity (Wildman–Crippen MR) is 68.3 cm³/mol. The molecule has 92 valence electrons. The summed E-state index contributed by atoms with van der Waals surface area (Å²) in [6, 6.07) is 0. The zero-order valence-corrected chi connectivity index (χ0v) is 10.6. The second kappa shape index (κ2) is 5.80. The predicted octanol–water partition coefficient (Wildman–Crippen LogP) is 3.77. The molecule has 0 bridgehead atoms. The first kappa shape index (κ1) is 12.1. The van der Waals surface area contributed by atoms with Gasteiger partial charge in [-0.05, 0) is 50.5 Å². The SMILES string of the molecule is CC=CC1CCC(C=Cc2nnc(C)o2)CC1. The second-order valence-electron chi connectivity index (χ2n) is 4.72. The van der Waals surface area contributed by atoms with Crippen LogP contribution in [0, 0.1) is 18.8 Å². The Balaban J connectivity index is 1.83. The van der Waals surface area contributed by atoms with Gasteiger partial charge in [0.05, 0.1) is 0 Å². The van der Waals surface area contributed by atoms with E-state index in [1.807, 2.05) is 13.0 Å². The average molecular weight is 232 g/mol. The van der Waals surface area contributed by atoms with Gasteiger partial charge < -0.3 is 4.42 Å². The van der Waals surface area contributed by atoms with E-state index in [4.69, 9.17) is 4.42 Å². The van der Waals surface area contributed by atoms with Crippen LogP contribution in [0.2, 0.25) is 0 Å². The maximum Gasteiger partial charge on any atom is 0.240 e. The lowest BCUT2D eigenvalue weighted by molar-refractivity contribution is 0.357. The van der Waals surface area contributed by atoms with E-state index < -0.39 is 0 Å². The van der Waals surface area contributed by atoms with Crippen LogP contribution < -0.4 is 0 Å². The lowest BCUT2D eigenvalue weighted by atomic mass is 9.82. The number of hydrogen-bond donors (Lipinski definition) is 0. The van der Waals surface area contributed by atoms with Crippen LogP contribution in [0.25, 0.3) is 6.08 Å². The molecule has 1 aromatic heterocycles. The second-order valence-corrected chi connectivity index (χ2v) is 4.72. The maximum atomic E-state index is 5.31. The summed E-state index contributed by atoms with van der Waals surface area (Å²) in [5.41, 5.74) is 0. The summed E-state index contributed by atoms with van der Waals surface area (Å²) >= 11 is 0. The number of allylic oxidation sites excluding steroid dienone is 3. The van der Waals surface area contributed by atoms with Gasteiger partial charge in [-0.1, -0.05) is 18.2 Å². The zero-order valence-electron chi connectivity index (χ0n) is 10.6. The Morgan fingerprint density at radius 2 is 1.71 bits per heavy atom. The van der Waals surface area contributed by atoms with Crippen LogP contribution in [0.1, 0.15) is 44.4 Å². The van der Waals surface area contributed by atoms with Crippen molar-refractivity contribution in [1.82, 2.24) is 10.2 Å². The minimum atomic E-state index is 0.623. The first-order valence-corrected chi connectivity index (χ1v) is 6.39. The summed E-state index contributed by atoms with van der Waals surface area (Å²) in [6.45, 7) is 3.91. The van der Waals surface area contributed by atoms with E-state index in [1.54, 1.807) is 0 Å². The smallest absolute Gasteiger partial charge is 0.240 e. The van der Waals surface area contributed by atoms with Gasteiger partial charge in [0.1, 0.15) is 0 Å². The third kappa shape index (κ3) is 3.55. The molecule has 2 rings (SSSR count). The van der Waals surface area contributed by atoms with Crippen molar-refractivity contribution in [3.05, 3.63) is 30.0 Å². The van der Waals surface area contributed by atoms with Crippen molar-refractivity contribution in [3.8, 4) is 0 Å². The summed E-state index contributed by atoms with van der Waals surface area (Å²) in [4.78, 5) is 0. The summed E-state index contributed by atoms with van der Waals surface area (Å²) in [5.74, 6) is 2.71. The van der Waals surface area contributed by atoms with Gasteiger partial charge in [-0.3, -0.25) is 0 Å². The van der Waals surface area contributed by atoms with Crippen LogP contribution >= 0.6 is 0 Å². The van der Waals surface area contributed by atoms with Crippen LogP contribution in [0.4, 0.5) is 0 Å². The van der Waals surface area contributed by atoms with E-state index in [1.165, 1.54) is 25.7 Å². The topological polar surface area (TPSA) is 38.9 Å². The van der Waals surface area contributed by atoms with Gasteiger partial charge >= 0.3 is 0 Å². The average Bonchev–Trinajstić information content (AvgIpc) is 2.75. The molecule has 0 aliphatic heterocycles. The fourth-order valence-corrected chi connectivity index (χ4v) is 2.40. The van der Waals surface area contributed by atoms with Gasteiger partial charge in [0.25, 0.3) is 0 Å². The fourth-order valence-electron chi connectivity index (χ4n) is 2.40. The Labute approximate surface area is 103 Å². The van der Waals surface area contributed by atoms with Gasteiger partial charge in [0, 0.05) is 6.92 Å². The van der Waals surface area contributed by atoms with Crippen molar-refractivity contribution in [2.75, 3.05) is 0 Å². The van der Waals surface area contributed by atoms with Gasteiger partial charge in [-0.25, -0.2) is 0 Å². The third-order valence-electron chi connectivity index (χ3n) is 3.33. The summed E-state index contributed by atoms with van der Waals surface area (Å²) in [5, 5.41) is 7.77. The van der Waals surface area contributed by atoms with Gasteiger partial charge in [0.15, 0.2) is 0 Å². The largest absolute Gasteiger partial charge is 0.422 e. The molecule has 1 fully saturated rings. The lowest BCUT2D eigenvalue weighted by Gasteiger charge is -2.24.